The minimum Gasteiger partial charge on any atom is -0.254 e. The topological polar surface area (TPSA) is 67.4 Å². The molecule has 0 aliphatic heterocycles. The molecule has 41 heavy (non-hydrogen) atoms. The molecular weight excluding hydrogens is 502 g/mol. The van der Waals surface area contributed by atoms with E-state index in [1.165, 1.54) is 11.1 Å². The number of rotatable bonds is 1. The van der Waals surface area contributed by atoms with Gasteiger partial charge in [-0.3, -0.25) is 9.97 Å². The molecule has 4 aromatic carbocycles. The molecule has 0 fully saturated rings. The van der Waals surface area contributed by atoms with E-state index in [2.05, 4.69) is 100 Å². The lowest BCUT2D eigenvalue weighted by atomic mass is 9.83. The van der Waals surface area contributed by atoms with Crippen LogP contribution in [0.25, 0.3) is 65.8 Å². The monoisotopic (exact) mass is 533 g/mol. The van der Waals surface area contributed by atoms with E-state index in [0.29, 0.717) is 5.82 Å². The molecule has 0 saturated carbocycles. The number of hydrogen-bond donors (Lipinski definition) is 0. The molecular formula is C36H31N5. The van der Waals surface area contributed by atoms with Gasteiger partial charge in [0.05, 0.1) is 16.6 Å². The van der Waals surface area contributed by atoms with E-state index in [0.717, 1.165) is 59.9 Å². The van der Waals surface area contributed by atoms with E-state index in [9.17, 15) is 5.26 Å². The molecule has 0 aliphatic rings. The quantitative estimate of drug-likeness (QED) is 0.156. The van der Waals surface area contributed by atoms with Crippen molar-refractivity contribution < 1.29 is 0 Å². The average Bonchev–Trinajstić information content (AvgIpc) is 3.34. The van der Waals surface area contributed by atoms with Gasteiger partial charge < -0.3 is 0 Å². The molecule has 0 spiro atoms. The molecule has 0 saturated heterocycles. The number of benzene rings is 4. The summed E-state index contributed by atoms with van der Waals surface area (Å²) in [6.07, 6.45) is 6.04. The maximum Gasteiger partial charge on any atom is 0.190 e. The molecule has 0 aliphatic carbocycles. The highest BCUT2D eigenvalue weighted by Gasteiger charge is 2.24. The minimum absolute atomic E-state index is 0.0109. The van der Waals surface area contributed by atoms with E-state index < -0.39 is 0 Å². The van der Waals surface area contributed by atoms with Gasteiger partial charge in [-0.1, -0.05) is 71.9 Å². The standard InChI is InChI=1S/C36H31N5/c1-35(2,3)23-13-14-25-22(18-23)17-21-11-12-24(36(4,5)6)19-28(21)29(25)34-40-32-26-9-7-15-38-30(26)31-27(10-8-16-39-31)33(32)41(34)20-37/h7-19H,1-6H3. The Bertz CT molecular complexity index is 2230. The van der Waals surface area contributed by atoms with Crippen LogP contribution in [-0.2, 0) is 10.8 Å². The van der Waals surface area contributed by atoms with Crippen LogP contribution < -0.4 is 0 Å². The van der Waals surface area contributed by atoms with Gasteiger partial charge in [0.15, 0.2) is 12.0 Å². The molecule has 7 rings (SSSR count). The fourth-order valence-corrected chi connectivity index (χ4v) is 5.99. The third-order valence-corrected chi connectivity index (χ3v) is 8.24. The molecule has 0 radical (unpaired) electrons. The number of nitrogens with zero attached hydrogens (tertiary/aromatic N) is 5. The molecule has 0 atom stereocenters. The molecule has 3 aromatic heterocycles. The number of hydrogen-bond acceptors (Lipinski definition) is 4. The first-order valence-electron chi connectivity index (χ1n) is 14.0. The van der Waals surface area contributed by atoms with Gasteiger partial charge in [0, 0.05) is 28.7 Å². The van der Waals surface area contributed by atoms with E-state index in [-0.39, 0.29) is 10.8 Å². The van der Waals surface area contributed by atoms with Crippen LogP contribution in [0.5, 0.6) is 0 Å². The van der Waals surface area contributed by atoms with Crippen molar-refractivity contribution in [2.45, 2.75) is 52.4 Å². The normalized spacial score (nSPS) is 12.6. The largest absolute Gasteiger partial charge is 0.254 e. The van der Waals surface area contributed by atoms with E-state index in [1.54, 1.807) is 17.0 Å². The average molecular weight is 534 g/mol. The second-order valence-electron chi connectivity index (χ2n) is 13.0. The lowest BCUT2D eigenvalue weighted by molar-refractivity contribution is 0.590. The number of aromatic nitrogens is 4. The van der Waals surface area contributed by atoms with Crippen LogP contribution >= 0.6 is 0 Å². The molecule has 0 unspecified atom stereocenters. The fraction of sp³-hybridized carbons (Fsp3) is 0.222. The van der Waals surface area contributed by atoms with Crippen LogP contribution in [0.4, 0.5) is 0 Å². The van der Waals surface area contributed by atoms with Gasteiger partial charge in [0.1, 0.15) is 5.52 Å². The third kappa shape index (κ3) is 3.78. The minimum atomic E-state index is -0.0321. The number of pyridine rings is 2. The molecule has 3 heterocycles. The summed E-state index contributed by atoms with van der Waals surface area (Å²) in [6.45, 7) is 13.4. The molecule has 5 heteroatoms. The number of imidazole rings is 1. The van der Waals surface area contributed by atoms with Gasteiger partial charge in [-0.05, 0) is 79.9 Å². The first-order chi connectivity index (χ1) is 19.6. The summed E-state index contributed by atoms with van der Waals surface area (Å²) >= 11 is 0. The van der Waals surface area contributed by atoms with Crippen LogP contribution in [0, 0.1) is 11.5 Å². The van der Waals surface area contributed by atoms with Crippen LogP contribution in [0.1, 0.15) is 52.7 Å². The van der Waals surface area contributed by atoms with Crippen molar-refractivity contribution in [1.82, 2.24) is 19.5 Å². The van der Waals surface area contributed by atoms with Crippen molar-refractivity contribution in [3.8, 4) is 17.6 Å². The first-order valence-corrected chi connectivity index (χ1v) is 14.0. The SMILES string of the molecule is CC(C)(C)c1ccc2c(-c3nc4c5cccnc5c5ncccc5c4n3C#N)c3cc(C(C)(C)C)ccc3cc2c1. The van der Waals surface area contributed by atoms with Crippen molar-refractivity contribution in [2.75, 3.05) is 0 Å². The van der Waals surface area contributed by atoms with Crippen molar-refractivity contribution in [3.05, 3.63) is 90.3 Å². The van der Waals surface area contributed by atoms with Gasteiger partial charge in [-0.2, -0.15) is 5.26 Å². The molecule has 5 nitrogen and oxygen atoms in total. The van der Waals surface area contributed by atoms with E-state index in [1.807, 2.05) is 24.3 Å². The zero-order chi connectivity index (χ0) is 28.7. The van der Waals surface area contributed by atoms with Gasteiger partial charge in [-0.25, -0.2) is 9.55 Å². The Morgan fingerprint density at radius 3 is 1.95 bits per heavy atom. The Balaban J connectivity index is 1.70. The highest BCUT2D eigenvalue weighted by molar-refractivity contribution is 6.22. The summed E-state index contributed by atoms with van der Waals surface area (Å²) in [5.41, 5.74) is 6.53. The summed E-state index contributed by atoms with van der Waals surface area (Å²) in [6, 6.07) is 23.5. The second-order valence-corrected chi connectivity index (χ2v) is 13.0. The molecule has 7 aromatic rings. The Morgan fingerprint density at radius 2 is 1.27 bits per heavy atom. The zero-order valence-electron chi connectivity index (χ0n) is 24.2. The molecule has 0 amide bonds. The Kier molecular flexibility index (Phi) is 5.27. The van der Waals surface area contributed by atoms with Crippen LogP contribution in [0.15, 0.2) is 79.1 Å². The van der Waals surface area contributed by atoms with Gasteiger partial charge >= 0.3 is 0 Å². The Labute approximate surface area is 239 Å². The van der Waals surface area contributed by atoms with Crippen molar-refractivity contribution in [1.29, 1.82) is 5.26 Å². The smallest absolute Gasteiger partial charge is 0.190 e. The maximum absolute atomic E-state index is 10.7. The number of fused-ring (bicyclic) bond motifs is 8. The van der Waals surface area contributed by atoms with Gasteiger partial charge in [0.2, 0.25) is 0 Å². The summed E-state index contributed by atoms with van der Waals surface area (Å²) in [5, 5.41) is 16.9. The van der Waals surface area contributed by atoms with Crippen molar-refractivity contribution in [3.63, 3.8) is 0 Å². The second kappa shape index (κ2) is 8.59. The zero-order valence-corrected chi connectivity index (χ0v) is 24.2. The van der Waals surface area contributed by atoms with Gasteiger partial charge in [-0.15, -0.1) is 0 Å². The maximum atomic E-state index is 10.7. The predicted octanol–water partition coefficient (Wildman–Crippen LogP) is 9.03. The Hall–Kier alpha value is -4.82. The number of nitriles is 1. The summed E-state index contributed by atoms with van der Waals surface area (Å²) in [7, 11) is 0. The van der Waals surface area contributed by atoms with E-state index >= 15 is 0 Å². The van der Waals surface area contributed by atoms with Crippen LogP contribution in [0.2, 0.25) is 0 Å². The molecule has 0 N–H and O–H groups in total. The van der Waals surface area contributed by atoms with Crippen molar-refractivity contribution in [2.24, 2.45) is 0 Å². The van der Waals surface area contributed by atoms with E-state index in [4.69, 9.17) is 4.98 Å². The third-order valence-electron chi connectivity index (χ3n) is 8.24. The summed E-state index contributed by atoms with van der Waals surface area (Å²) in [5.74, 6) is 0.633. The highest BCUT2D eigenvalue weighted by atomic mass is 15.1. The lowest BCUT2D eigenvalue weighted by Gasteiger charge is -2.22. The summed E-state index contributed by atoms with van der Waals surface area (Å²) in [4.78, 5) is 14.6. The van der Waals surface area contributed by atoms with Crippen molar-refractivity contribution >= 4 is 54.4 Å². The highest BCUT2D eigenvalue weighted by Crippen LogP contribution is 2.42. The molecule has 0 bridgehead atoms. The molecule has 200 valence electrons. The van der Waals surface area contributed by atoms with Crippen LogP contribution in [-0.4, -0.2) is 19.5 Å². The summed E-state index contributed by atoms with van der Waals surface area (Å²) < 4.78 is 1.70. The first kappa shape index (κ1) is 25.2. The van der Waals surface area contributed by atoms with Crippen LogP contribution in [0.3, 0.4) is 0 Å². The fourth-order valence-electron chi connectivity index (χ4n) is 5.99. The van der Waals surface area contributed by atoms with Gasteiger partial charge in [0.25, 0.3) is 0 Å². The lowest BCUT2D eigenvalue weighted by Crippen LogP contribution is -2.11. The Morgan fingerprint density at radius 1 is 0.634 bits per heavy atom. The predicted molar refractivity (Wildman–Crippen MR) is 169 cm³/mol.